The highest BCUT2D eigenvalue weighted by atomic mass is 15.2. The van der Waals surface area contributed by atoms with Gasteiger partial charge in [0, 0.05) is 32.7 Å². The van der Waals surface area contributed by atoms with Crippen LogP contribution in [0.5, 0.6) is 0 Å². The molecule has 1 saturated heterocycles. The molecule has 0 aliphatic carbocycles. The first-order valence-electron chi connectivity index (χ1n) is 7.46. The summed E-state index contributed by atoms with van der Waals surface area (Å²) in [7, 11) is 1.83. The Labute approximate surface area is 112 Å². The molecule has 106 valence electrons. The lowest BCUT2D eigenvalue weighted by atomic mass is 10.0. The van der Waals surface area contributed by atoms with Crippen molar-refractivity contribution in [2.75, 3.05) is 33.2 Å². The van der Waals surface area contributed by atoms with Crippen molar-refractivity contribution < 1.29 is 0 Å². The van der Waals surface area contributed by atoms with E-state index in [9.17, 15) is 0 Å². The van der Waals surface area contributed by atoms with Crippen LogP contribution in [0.2, 0.25) is 0 Å². The molecule has 1 aliphatic rings. The maximum atomic E-state index is 4.21. The molecule has 1 aliphatic heterocycles. The van der Waals surface area contributed by atoms with Gasteiger partial charge in [-0.1, -0.05) is 13.3 Å². The summed E-state index contributed by atoms with van der Waals surface area (Å²) in [5.41, 5.74) is 0. The first kappa shape index (κ1) is 15.3. The van der Waals surface area contributed by atoms with E-state index in [0.717, 1.165) is 31.5 Å². The summed E-state index contributed by atoms with van der Waals surface area (Å²) in [5, 5.41) is 6.66. The molecule has 0 aromatic rings. The van der Waals surface area contributed by atoms with Crippen LogP contribution >= 0.6 is 0 Å². The summed E-state index contributed by atoms with van der Waals surface area (Å²) < 4.78 is 0. The number of hydrogen-bond acceptors (Lipinski definition) is 2. The van der Waals surface area contributed by atoms with Crippen molar-refractivity contribution in [1.82, 2.24) is 15.5 Å². The van der Waals surface area contributed by atoms with Gasteiger partial charge in [-0.15, -0.1) is 0 Å². The second kappa shape index (κ2) is 9.20. The zero-order chi connectivity index (χ0) is 13.2. The predicted octanol–water partition coefficient (Wildman–Crippen LogP) is 1.83. The lowest BCUT2D eigenvalue weighted by Gasteiger charge is -2.33. The van der Waals surface area contributed by atoms with Gasteiger partial charge in [-0.3, -0.25) is 4.99 Å². The summed E-state index contributed by atoms with van der Waals surface area (Å²) in [5.74, 6) is 0.934. The Morgan fingerprint density at radius 1 is 1.28 bits per heavy atom. The quantitative estimate of drug-likeness (QED) is 0.431. The molecule has 18 heavy (non-hydrogen) atoms. The van der Waals surface area contributed by atoms with Crippen LogP contribution in [-0.2, 0) is 0 Å². The second-order valence-corrected chi connectivity index (χ2v) is 5.16. The van der Waals surface area contributed by atoms with Gasteiger partial charge >= 0.3 is 0 Å². The maximum absolute atomic E-state index is 4.21. The number of likely N-dealkylation sites (tertiary alicyclic amines) is 1. The molecule has 2 N–H and O–H groups in total. The molecule has 0 spiro atoms. The standard InChI is InChI=1S/C14H30N4/c1-4-9-16-14(15-3)17-10-7-12-18-11-6-5-8-13(18)2/h13H,4-12H2,1-3H3,(H2,15,16,17). The van der Waals surface area contributed by atoms with Crippen molar-refractivity contribution >= 4 is 5.96 Å². The van der Waals surface area contributed by atoms with Crippen molar-refractivity contribution in [3.63, 3.8) is 0 Å². The number of nitrogens with zero attached hydrogens (tertiary/aromatic N) is 2. The number of rotatable bonds is 6. The van der Waals surface area contributed by atoms with Gasteiger partial charge < -0.3 is 15.5 Å². The molecule has 0 amide bonds. The maximum Gasteiger partial charge on any atom is 0.190 e. The molecule has 4 nitrogen and oxygen atoms in total. The Kier molecular flexibility index (Phi) is 7.81. The third-order valence-corrected chi connectivity index (χ3v) is 3.62. The van der Waals surface area contributed by atoms with Crippen molar-refractivity contribution in [2.45, 2.75) is 52.0 Å². The predicted molar refractivity (Wildman–Crippen MR) is 79.2 cm³/mol. The van der Waals surface area contributed by atoms with E-state index in [-0.39, 0.29) is 0 Å². The molecule has 1 heterocycles. The fourth-order valence-electron chi connectivity index (χ4n) is 2.44. The Balaban J connectivity index is 2.09. The molecule has 1 atom stereocenters. The first-order chi connectivity index (χ1) is 8.77. The summed E-state index contributed by atoms with van der Waals surface area (Å²) >= 11 is 0. The SMILES string of the molecule is CCCNC(=NC)NCCCN1CCCCC1C. The van der Waals surface area contributed by atoms with Crippen molar-refractivity contribution in [1.29, 1.82) is 0 Å². The number of aliphatic imine (C=N–C) groups is 1. The fourth-order valence-corrected chi connectivity index (χ4v) is 2.44. The molecular formula is C14H30N4. The molecule has 0 aromatic heterocycles. The van der Waals surface area contributed by atoms with E-state index in [1.54, 1.807) is 0 Å². The van der Waals surface area contributed by atoms with Crippen LogP contribution in [-0.4, -0.2) is 50.1 Å². The summed E-state index contributed by atoms with van der Waals surface area (Å²) in [6.45, 7) is 9.00. The Bertz CT molecular complexity index is 240. The van der Waals surface area contributed by atoms with Gasteiger partial charge in [-0.2, -0.15) is 0 Å². The van der Waals surface area contributed by atoms with Gasteiger partial charge in [0.25, 0.3) is 0 Å². The van der Waals surface area contributed by atoms with E-state index < -0.39 is 0 Å². The van der Waals surface area contributed by atoms with Crippen LogP contribution in [0.25, 0.3) is 0 Å². The van der Waals surface area contributed by atoms with Crippen molar-refractivity contribution in [3.8, 4) is 0 Å². The Hall–Kier alpha value is -0.770. The third-order valence-electron chi connectivity index (χ3n) is 3.62. The lowest BCUT2D eigenvalue weighted by molar-refractivity contribution is 0.159. The minimum absolute atomic E-state index is 0.774. The van der Waals surface area contributed by atoms with Crippen LogP contribution < -0.4 is 10.6 Å². The van der Waals surface area contributed by atoms with Gasteiger partial charge in [0.05, 0.1) is 0 Å². The highest BCUT2D eigenvalue weighted by Gasteiger charge is 2.16. The van der Waals surface area contributed by atoms with Gasteiger partial charge in [0.15, 0.2) is 5.96 Å². The van der Waals surface area contributed by atoms with E-state index in [1.165, 1.54) is 38.8 Å². The Morgan fingerprint density at radius 2 is 2.06 bits per heavy atom. The van der Waals surface area contributed by atoms with Crippen LogP contribution in [0.4, 0.5) is 0 Å². The van der Waals surface area contributed by atoms with Crippen molar-refractivity contribution in [3.05, 3.63) is 0 Å². The first-order valence-corrected chi connectivity index (χ1v) is 7.46. The average Bonchev–Trinajstić information content (AvgIpc) is 2.40. The zero-order valence-corrected chi connectivity index (χ0v) is 12.3. The minimum atomic E-state index is 0.774. The van der Waals surface area contributed by atoms with Gasteiger partial charge in [0.1, 0.15) is 0 Å². The van der Waals surface area contributed by atoms with Gasteiger partial charge in [-0.05, 0) is 39.2 Å². The highest BCUT2D eigenvalue weighted by molar-refractivity contribution is 5.79. The lowest BCUT2D eigenvalue weighted by Crippen LogP contribution is -2.41. The summed E-state index contributed by atoms with van der Waals surface area (Å²) in [6, 6.07) is 0.774. The molecule has 0 bridgehead atoms. The normalized spacial score (nSPS) is 21.9. The fraction of sp³-hybridized carbons (Fsp3) is 0.929. The number of piperidine rings is 1. The number of hydrogen-bond donors (Lipinski definition) is 2. The monoisotopic (exact) mass is 254 g/mol. The molecule has 1 unspecified atom stereocenters. The number of nitrogens with one attached hydrogen (secondary N) is 2. The summed E-state index contributed by atoms with van der Waals surface area (Å²) in [4.78, 5) is 6.82. The van der Waals surface area contributed by atoms with Crippen LogP contribution in [0.1, 0.15) is 46.0 Å². The molecule has 0 radical (unpaired) electrons. The number of guanidine groups is 1. The largest absolute Gasteiger partial charge is 0.356 e. The topological polar surface area (TPSA) is 39.7 Å². The molecule has 0 aromatic carbocycles. The smallest absolute Gasteiger partial charge is 0.190 e. The van der Waals surface area contributed by atoms with Crippen LogP contribution in [0.15, 0.2) is 4.99 Å². The van der Waals surface area contributed by atoms with E-state index in [2.05, 4.69) is 34.4 Å². The Morgan fingerprint density at radius 3 is 2.72 bits per heavy atom. The van der Waals surface area contributed by atoms with Gasteiger partial charge in [-0.25, -0.2) is 0 Å². The van der Waals surface area contributed by atoms with Gasteiger partial charge in [0.2, 0.25) is 0 Å². The van der Waals surface area contributed by atoms with E-state index in [0.29, 0.717) is 0 Å². The minimum Gasteiger partial charge on any atom is -0.356 e. The van der Waals surface area contributed by atoms with E-state index >= 15 is 0 Å². The molecule has 1 rings (SSSR count). The molecular weight excluding hydrogens is 224 g/mol. The molecule has 0 saturated carbocycles. The highest BCUT2D eigenvalue weighted by Crippen LogP contribution is 2.15. The second-order valence-electron chi connectivity index (χ2n) is 5.16. The van der Waals surface area contributed by atoms with E-state index in [4.69, 9.17) is 0 Å². The molecule has 1 fully saturated rings. The summed E-state index contributed by atoms with van der Waals surface area (Å²) in [6.07, 6.45) is 6.47. The van der Waals surface area contributed by atoms with Crippen LogP contribution in [0, 0.1) is 0 Å². The zero-order valence-electron chi connectivity index (χ0n) is 12.3. The third kappa shape index (κ3) is 5.71. The van der Waals surface area contributed by atoms with Crippen molar-refractivity contribution in [2.24, 2.45) is 4.99 Å². The van der Waals surface area contributed by atoms with Crippen LogP contribution in [0.3, 0.4) is 0 Å². The molecule has 4 heteroatoms. The van der Waals surface area contributed by atoms with E-state index in [1.807, 2.05) is 7.05 Å². The average molecular weight is 254 g/mol.